The highest BCUT2D eigenvalue weighted by Gasteiger charge is 2.13. The van der Waals surface area contributed by atoms with Crippen LogP contribution in [0, 0.1) is 0 Å². The largest absolute Gasteiger partial charge is 0.507 e. The number of anilines is 1. The maximum absolute atomic E-state index is 10.7. The van der Waals surface area contributed by atoms with Gasteiger partial charge in [-0.05, 0) is 47.5 Å². The average Bonchev–Trinajstić information content (AvgIpc) is 2.49. The summed E-state index contributed by atoms with van der Waals surface area (Å²) in [4.78, 5) is 0. The Morgan fingerprint density at radius 2 is 1.18 bits per heavy atom. The van der Waals surface area contributed by atoms with Gasteiger partial charge in [0, 0.05) is 26.9 Å². The van der Waals surface area contributed by atoms with Gasteiger partial charge in [-0.3, -0.25) is 0 Å². The number of halogens is 2. The van der Waals surface area contributed by atoms with E-state index in [1.54, 1.807) is 36.4 Å². The molecule has 0 bridgehead atoms. The van der Waals surface area contributed by atoms with Crippen molar-refractivity contribution in [2.75, 3.05) is 5.73 Å². The van der Waals surface area contributed by atoms with Gasteiger partial charge in [0.2, 0.25) is 0 Å². The van der Waals surface area contributed by atoms with E-state index in [1.165, 1.54) is 0 Å². The Labute approximate surface area is 138 Å². The molecule has 3 aromatic carbocycles. The van der Waals surface area contributed by atoms with Gasteiger partial charge in [0.25, 0.3) is 0 Å². The summed E-state index contributed by atoms with van der Waals surface area (Å²) in [6.07, 6.45) is 0. The van der Waals surface area contributed by atoms with Crippen molar-refractivity contribution in [2.45, 2.75) is 0 Å². The Morgan fingerprint density at radius 3 is 1.59 bits per heavy atom. The Morgan fingerprint density at radius 1 is 0.727 bits per heavy atom. The van der Waals surface area contributed by atoms with Gasteiger partial charge in [0.1, 0.15) is 5.75 Å². The molecule has 0 fully saturated rings. The predicted octanol–water partition coefficient (Wildman–Crippen LogP) is 5.62. The molecule has 0 amide bonds. The van der Waals surface area contributed by atoms with Crippen molar-refractivity contribution in [3.8, 4) is 28.0 Å². The number of rotatable bonds is 2. The van der Waals surface area contributed by atoms with Gasteiger partial charge >= 0.3 is 0 Å². The third kappa shape index (κ3) is 2.89. The lowest BCUT2D eigenvalue weighted by Gasteiger charge is -2.12. The fraction of sp³-hybridized carbons (Fsp3) is 0. The van der Waals surface area contributed by atoms with E-state index in [0.717, 1.165) is 11.1 Å². The summed E-state index contributed by atoms with van der Waals surface area (Å²) in [5, 5.41) is 11.9. The number of nitrogen functional groups attached to an aromatic ring is 1. The second-order valence-corrected chi connectivity index (χ2v) is 5.86. The number of hydrogen-bond donors (Lipinski definition) is 2. The minimum Gasteiger partial charge on any atom is -0.507 e. The van der Waals surface area contributed by atoms with Crippen LogP contribution in [0.15, 0.2) is 60.7 Å². The zero-order chi connectivity index (χ0) is 15.7. The van der Waals surface area contributed by atoms with Crippen LogP contribution in [0.25, 0.3) is 22.3 Å². The molecule has 3 N–H and O–H groups in total. The molecule has 0 saturated carbocycles. The highest BCUT2D eigenvalue weighted by molar-refractivity contribution is 6.31. The van der Waals surface area contributed by atoms with E-state index in [9.17, 15) is 5.11 Å². The second-order valence-electron chi connectivity index (χ2n) is 4.99. The van der Waals surface area contributed by atoms with Crippen molar-refractivity contribution in [3.63, 3.8) is 0 Å². The van der Waals surface area contributed by atoms with Crippen molar-refractivity contribution < 1.29 is 5.11 Å². The second kappa shape index (κ2) is 5.91. The zero-order valence-electron chi connectivity index (χ0n) is 11.6. The number of benzene rings is 3. The molecule has 0 aliphatic rings. The van der Waals surface area contributed by atoms with E-state index in [2.05, 4.69) is 0 Å². The summed E-state index contributed by atoms with van der Waals surface area (Å²) in [6, 6.07) is 18.0. The zero-order valence-corrected chi connectivity index (χ0v) is 13.1. The molecule has 0 aliphatic heterocycles. The van der Waals surface area contributed by atoms with Crippen LogP contribution in [-0.4, -0.2) is 5.11 Å². The van der Waals surface area contributed by atoms with Crippen LogP contribution < -0.4 is 5.73 Å². The Hall–Kier alpha value is -2.16. The molecule has 22 heavy (non-hydrogen) atoms. The Balaban J connectivity index is 2.22. The standard InChI is InChI=1S/C18H13Cl2NO/c19-13-5-1-3-11(7-13)16-9-15(21)10-17(18(16)22)12-4-2-6-14(20)8-12/h1-10,22H,21H2. The van der Waals surface area contributed by atoms with Crippen molar-refractivity contribution in [3.05, 3.63) is 70.7 Å². The molecule has 4 heteroatoms. The van der Waals surface area contributed by atoms with E-state index in [-0.39, 0.29) is 5.75 Å². The molecule has 3 aromatic rings. The van der Waals surface area contributed by atoms with Crippen molar-refractivity contribution in [2.24, 2.45) is 0 Å². The summed E-state index contributed by atoms with van der Waals surface area (Å²) in [6.45, 7) is 0. The van der Waals surface area contributed by atoms with Crippen LogP contribution in [0.1, 0.15) is 0 Å². The number of phenolic OH excluding ortho intramolecular Hbond substituents is 1. The molecular weight excluding hydrogens is 317 g/mol. The molecule has 110 valence electrons. The van der Waals surface area contributed by atoms with Crippen LogP contribution in [0.4, 0.5) is 5.69 Å². The van der Waals surface area contributed by atoms with Gasteiger partial charge in [-0.1, -0.05) is 47.5 Å². The van der Waals surface area contributed by atoms with E-state index >= 15 is 0 Å². The summed E-state index contributed by atoms with van der Waals surface area (Å²) >= 11 is 12.1. The summed E-state index contributed by atoms with van der Waals surface area (Å²) in [5.41, 5.74) is 9.45. The van der Waals surface area contributed by atoms with Crippen LogP contribution in [0.2, 0.25) is 10.0 Å². The van der Waals surface area contributed by atoms with E-state index in [1.807, 2.05) is 24.3 Å². The minimum absolute atomic E-state index is 0.152. The summed E-state index contributed by atoms with van der Waals surface area (Å²) < 4.78 is 0. The highest BCUT2D eigenvalue weighted by atomic mass is 35.5. The molecule has 0 heterocycles. The summed E-state index contributed by atoms with van der Waals surface area (Å²) in [7, 11) is 0. The van der Waals surface area contributed by atoms with Gasteiger partial charge in [0.15, 0.2) is 0 Å². The van der Waals surface area contributed by atoms with Gasteiger partial charge in [0.05, 0.1) is 0 Å². The monoisotopic (exact) mass is 329 g/mol. The smallest absolute Gasteiger partial charge is 0.131 e. The quantitative estimate of drug-likeness (QED) is 0.473. The molecule has 0 atom stereocenters. The molecule has 0 saturated heterocycles. The Bertz CT molecular complexity index is 779. The Kier molecular flexibility index (Phi) is 3.97. The van der Waals surface area contributed by atoms with Crippen LogP contribution in [-0.2, 0) is 0 Å². The van der Waals surface area contributed by atoms with Gasteiger partial charge < -0.3 is 10.8 Å². The molecule has 0 spiro atoms. The first-order valence-corrected chi connectivity index (χ1v) is 7.44. The number of aromatic hydroxyl groups is 1. The van der Waals surface area contributed by atoms with Gasteiger partial charge in [-0.25, -0.2) is 0 Å². The topological polar surface area (TPSA) is 46.2 Å². The van der Waals surface area contributed by atoms with Gasteiger partial charge in [-0.15, -0.1) is 0 Å². The molecule has 0 unspecified atom stereocenters. The fourth-order valence-corrected chi connectivity index (χ4v) is 2.79. The van der Waals surface area contributed by atoms with E-state index < -0.39 is 0 Å². The fourth-order valence-electron chi connectivity index (χ4n) is 2.41. The normalized spacial score (nSPS) is 10.6. The van der Waals surface area contributed by atoms with Crippen molar-refractivity contribution in [1.29, 1.82) is 0 Å². The minimum atomic E-state index is 0.152. The molecule has 3 rings (SSSR count). The number of phenols is 1. The molecule has 0 radical (unpaired) electrons. The van der Waals surface area contributed by atoms with Gasteiger partial charge in [-0.2, -0.15) is 0 Å². The lowest BCUT2D eigenvalue weighted by Crippen LogP contribution is -1.90. The SMILES string of the molecule is Nc1cc(-c2cccc(Cl)c2)c(O)c(-c2cccc(Cl)c2)c1. The first-order valence-electron chi connectivity index (χ1n) is 6.69. The highest BCUT2D eigenvalue weighted by Crippen LogP contribution is 2.41. The number of hydrogen-bond acceptors (Lipinski definition) is 2. The molecule has 0 aliphatic carbocycles. The van der Waals surface area contributed by atoms with E-state index in [0.29, 0.717) is 26.9 Å². The molecule has 0 aromatic heterocycles. The molecule has 2 nitrogen and oxygen atoms in total. The van der Waals surface area contributed by atoms with E-state index in [4.69, 9.17) is 28.9 Å². The average molecular weight is 330 g/mol. The van der Waals surface area contributed by atoms with Crippen LogP contribution >= 0.6 is 23.2 Å². The van der Waals surface area contributed by atoms with Crippen LogP contribution in [0.3, 0.4) is 0 Å². The number of nitrogens with two attached hydrogens (primary N) is 1. The third-order valence-electron chi connectivity index (χ3n) is 3.40. The van der Waals surface area contributed by atoms with Crippen LogP contribution in [0.5, 0.6) is 5.75 Å². The lowest BCUT2D eigenvalue weighted by molar-refractivity contribution is 0.479. The summed E-state index contributed by atoms with van der Waals surface area (Å²) in [5.74, 6) is 0.152. The lowest BCUT2D eigenvalue weighted by atomic mass is 9.96. The first-order chi connectivity index (χ1) is 10.5. The van der Waals surface area contributed by atoms with Crippen molar-refractivity contribution >= 4 is 28.9 Å². The van der Waals surface area contributed by atoms with Crippen molar-refractivity contribution in [1.82, 2.24) is 0 Å². The molecular formula is C18H13Cl2NO. The predicted molar refractivity (Wildman–Crippen MR) is 93.4 cm³/mol. The maximum atomic E-state index is 10.7. The first kappa shape index (κ1) is 14.8. The third-order valence-corrected chi connectivity index (χ3v) is 3.87. The maximum Gasteiger partial charge on any atom is 0.131 e.